The summed E-state index contributed by atoms with van der Waals surface area (Å²) in [5.41, 5.74) is 10.1. The van der Waals surface area contributed by atoms with Crippen LogP contribution in [-0.2, 0) is 35.4 Å². The number of fused-ring (bicyclic) bond motifs is 1. The Bertz CT molecular complexity index is 841. The molecule has 2 aromatic carbocycles. The van der Waals surface area contributed by atoms with Crippen LogP contribution in [0.5, 0.6) is 5.75 Å². The van der Waals surface area contributed by atoms with E-state index in [1.807, 2.05) is 18.2 Å². The smallest absolute Gasteiger partial charge is 0.261 e. The lowest BCUT2D eigenvalue weighted by Gasteiger charge is -2.28. The van der Waals surface area contributed by atoms with E-state index in [1.165, 1.54) is 23.8 Å². The predicted molar refractivity (Wildman–Crippen MR) is 111 cm³/mol. The normalized spacial score (nSPS) is 17.0. The third kappa shape index (κ3) is 4.85. The van der Waals surface area contributed by atoms with E-state index in [4.69, 9.17) is 26.8 Å². The first-order chi connectivity index (χ1) is 13.5. The number of rotatable bonds is 8. The monoisotopic (exact) mass is 402 g/mol. The van der Waals surface area contributed by atoms with Crippen molar-refractivity contribution in [2.75, 3.05) is 7.11 Å². The Morgan fingerprint density at radius 1 is 1.32 bits per heavy atom. The van der Waals surface area contributed by atoms with Crippen LogP contribution in [0.4, 0.5) is 0 Å². The molecule has 3 rings (SSSR count). The largest absolute Gasteiger partial charge is 0.489 e. The number of nitrogens with one attached hydrogen (secondary N) is 1. The second-order valence-corrected chi connectivity index (χ2v) is 7.48. The maximum atomic E-state index is 11.4. The molecular formula is C22H27ClN2O3. The van der Waals surface area contributed by atoms with Crippen molar-refractivity contribution in [3.8, 4) is 5.75 Å². The van der Waals surface area contributed by atoms with E-state index in [1.54, 1.807) is 0 Å². The molecule has 5 nitrogen and oxygen atoms in total. The van der Waals surface area contributed by atoms with E-state index in [0.29, 0.717) is 6.61 Å². The minimum absolute atomic E-state index is 0.159. The van der Waals surface area contributed by atoms with Crippen molar-refractivity contribution in [2.24, 2.45) is 5.73 Å². The maximum Gasteiger partial charge on any atom is 0.261 e. The first kappa shape index (κ1) is 20.6. The number of benzene rings is 2. The first-order valence-corrected chi connectivity index (χ1v) is 9.98. The van der Waals surface area contributed by atoms with E-state index in [0.717, 1.165) is 42.0 Å². The lowest BCUT2D eigenvalue weighted by Crippen LogP contribution is -2.49. The zero-order valence-electron chi connectivity index (χ0n) is 16.3. The number of carbonyl (C=O) groups is 1. The van der Waals surface area contributed by atoms with E-state index in [9.17, 15) is 4.79 Å². The molecule has 2 unspecified atom stereocenters. The second-order valence-electron chi connectivity index (χ2n) is 7.07. The summed E-state index contributed by atoms with van der Waals surface area (Å²) in [5, 5.41) is 3.93. The zero-order valence-corrected chi connectivity index (χ0v) is 17.1. The van der Waals surface area contributed by atoms with E-state index in [2.05, 4.69) is 30.4 Å². The molecule has 1 aliphatic rings. The lowest BCUT2D eigenvalue weighted by molar-refractivity contribution is -0.130. The number of hydrogen-bond donors (Lipinski definition) is 2. The van der Waals surface area contributed by atoms with Crippen molar-refractivity contribution in [3.05, 3.63) is 63.7 Å². The molecule has 2 aromatic rings. The summed E-state index contributed by atoms with van der Waals surface area (Å²) in [6.45, 7) is 2.57. The van der Waals surface area contributed by atoms with Gasteiger partial charge in [0.2, 0.25) is 0 Å². The van der Waals surface area contributed by atoms with Crippen LogP contribution >= 0.6 is 11.6 Å². The zero-order chi connectivity index (χ0) is 20.1. The summed E-state index contributed by atoms with van der Waals surface area (Å²) in [6, 6.07) is 12.3. The third-order valence-corrected chi connectivity index (χ3v) is 5.62. The summed E-state index contributed by atoms with van der Waals surface area (Å²) in [7, 11) is 1.48. The topological polar surface area (TPSA) is 73.6 Å². The molecule has 0 aliphatic heterocycles. The molecular weight excluding hydrogens is 376 g/mol. The molecule has 0 fully saturated rings. The highest BCUT2D eigenvalue weighted by atomic mass is 35.5. The number of aryl methyl sites for hydroxylation is 2. The number of primary amides is 1. The van der Waals surface area contributed by atoms with Crippen LogP contribution < -0.4 is 15.8 Å². The van der Waals surface area contributed by atoms with Crippen LogP contribution in [0.3, 0.4) is 0 Å². The standard InChI is InChI=1S/C22H27ClN2O3/c1-3-14-5-4-6-20(23)19(14)13-28-18-10-8-15-11-17(9-7-16(15)12-18)25-22(27-2)21(24)26/h4-6,8,10,12,17,22,25H,3,7,9,11,13H2,1-2H3,(H2,24,26). The van der Waals surface area contributed by atoms with Crippen molar-refractivity contribution in [1.29, 1.82) is 0 Å². The molecule has 6 heteroatoms. The molecule has 1 amide bonds. The quantitative estimate of drug-likeness (QED) is 0.664. The van der Waals surface area contributed by atoms with Gasteiger partial charge in [0, 0.05) is 23.7 Å². The Morgan fingerprint density at radius 3 is 2.86 bits per heavy atom. The number of hydrogen-bond acceptors (Lipinski definition) is 4. The van der Waals surface area contributed by atoms with Gasteiger partial charge in [-0.2, -0.15) is 0 Å². The summed E-state index contributed by atoms with van der Waals surface area (Å²) < 4.78 is 11.1. The number of methoxy groups -OCH3 is 1. The highest BCUT2D eigenvalue weighted by Gasteiger charge is 2.24. The average molecular weight is 403 g/mol. The van der Waals surface area contributed by atoms with Crippen LogP contribution in [0.1, 0.15) is 35.6 Å². The van der Waals surface area contributed by atoms with E-state index in [-0.39, 0.29) is 6.04 Å². The van der Waals surface area contributed by atoms with Gasteiger partial charge in [-0.05, 0) is 60.6 Å². The van der Waals surface area contributed by atoms with Crippen molar-refractivity contribution < 1.29 is 14.3 Å². The molecule has 0 spiro atoms. The fourth-order valence-corrected chi connectivity index (χ4v) is 3.94. The summed E-state index contributed by atoms with van der Waals surface area (Å²) in [6.07, 6.45) is 2.82. The summed E-state index contributed by atoms with van der Waals surface area (Å²) in [5.74, 6) is 0.349. The maximum absolute atomic E-state index is 11.4. The van der Waals surface area contributed by atoms with Crippen molar-refractivity contribution in [1.82, 2.24) is 5.32 Å². The number of ether oxygens (including phenoxy) is 2. The van der Waals surface area contributed by atoms with Crippen LogP contribution in [-0.4, -0.2) is 25.3 Å². The molecule has 1 aliphatic carbocycles. The van der Waals surface area contributed by atoms with Gasteiger partial charge in [-0.25, -0.2) is 0 Å². The fourth-order valence-electron chi connectivity index (χ4n) is 3.70. The van der Waals surface area contributed by atoms with Gasteiger partial charge in [0.1, 0.15) is 12.4 Å². The molecule has 0 aromatic heterocycles. The number of nitrogens with two attached hydrogens (primary N) is 1. The van der Waals surface area contributed by atoms with Crippen LogP contribution in [0.2, 0.25) is 5.02 Å². The van der Waals surface area contributed by atoms with Crippen LogP contribution in [0.15, 0.2) is 36.4 Å². The Balaban J connectivity index is 1.65. The molecule has 0 bridgehead atoms. The van der Waals surface area contributed by atoms with Crippen LogP contribution in [0.25, 0.3) is 0 Å². The van der Waals surface area contributed by atoms with Gasteiger partial charge < -0.3 is 15.2 Å². The van der Waals surface area contributed by atoms with Crippen molar-refractivity contribution in [3.63, 3.8) is 0 Å². The molecule has 0 saturated carbocycles. The average Bonchev–Trinajstić information content (AvgIpc) is 2.70. The van der Waals surface area contributed by atoms with Gasteiger partial charge in [-0.15, -0.1) is 0 Å². The molecule has 0 radical (unpaired) electrons. The Morgan fingerprint density at radius 2 is 2.14 bits per heavy atom. The van der Waals surface area contributed by atoms with Crippen molar-refractivity contribution in [2.45, 2.75) is 51.5 Å². The SMILES string of the molecule is CCc1cccc(Cl)c1COc1ccc2c(c1)CCC(NC(OC)C(N)=O)C2. The number of carbonyl (C=O) groups excluding carboxylic acids is 1. The fraction of sp³-hybridized carbons (Fsp3) is 0.409. The van der Waals surface area contributed by atoms with Crippen molar-refractivity contribution >= 4 is 17.5 Å². The minimum Gasteiger partial charge on any atom is -0.489 e. The number of amides is 1. The third-order valence-electron chi connectivity index (χ3n) is 5.27. The minimum atomic E-state index is -0.752. The summed E-state index contributed by atoms with van der Waals surface area (Å²) >= 11 is 6.35. The van der Waals surface area contributed by atoms with Gasteiger partial charge in [-0.1, -0.05) is 36.7 Å². The van der Waals surface area contributed by atoms with Gasteiger partial charge in [0.25, 0.3) is 5.91 Å². The molecule has 150 valence electrons. The van der Waals surface area contributed by atoms with E-state index >= 15 is 0 Å². The molecule has 2 atom stereocenters. The summed E-state index contributed by atoms with van der Waals surface area (Å²) in [4.78, 5) is 11.4. The Kier molecular flexibility index (Phi) is 6.94. The predicted octanol–water partition coefficient (Wildman–Crippen LogP) is 3.39. The van der Waals surface area contributed by atoms with Gasteiger partial charge >= 0.3 is 0 Å². The highest BCUT2D eigenvalue weighted by Crippen LogP contribution is 2.28. The van der Waals surface area contributed by atoms with Gasteiger partial charge in [0.05, 0.1) is 0 Å². The van der Waals surface area contributed by atoms with E-state index < -0.39 is 12.1 Å². The second kappa shape index (κ2) is 9.41. The molecule has 0 heterocycles. The number of halogens is 1. The Labute approximate surface area is 171 Å². The Hall–Kier alpha value is -2.08. The molecule has 3 N–H and O–H groups in total. The van der Waals surface area contributed by atoms with Crippen LogP contribution in [0, 0.1) is 0 Å². The first-order valence-electron chi connectivity index (χ1n) is 9.60. The lowest BCUT2D eigenvalue weighted by atomic mass is 9.88. The molecule has 0 saturated heterocycles. The van der Waals surface area contributed by atoms with Gasteiger partial charge in [-0.3, -0.25) is 10.1 Å². The highest BCUT2D eigenvalue weighted by molar-refractivity contribution is 6.31. The molecule has 28 heavy (non-hydrogen) atoms. The van der Waals surface area contributed by atoms with Gasteiger partial charge in [0.15, 0.2) is 6.23 Å².